The molecule has 0 aromatic rings. The van der Waals surface area contributed by atoms with E-state index in [1.54, 1.807) is 6.92 Å². The second-order valence-electron chi connectivity index (χ2n) is 4.43. The minimum atomic E-state index is -3.66. The van der Waals surface area contributed by atoms with Gasteiger partial charge in [-0.1, -0.05) is 20.3 Å². The molecule has 0 amide bonds. The number of aliphatic carboxylic acids is 1. The second kappa shape index (κ2) is 5.79. The van der Waals surface area contributed by atoms with Crippen LogP contribution in [0.15, 0.2) is 0 Å². The van der Waals surface area contributed by atoms with Crippen LogP contribution in [0.4, 0.5) is 0 Å². The van der Waals surface area contributed by atoms with Crippen molar-refractivity contribution in [3.63, 3.8) is 0 Å². The molecule has 0 spiro atoms. The Labute approximate surface area is 102 Å². The zero-order valence-corrected chi connectivity index (χ0v) is 11.0. The molecule has 100 valence electrons. The monoisotopic (exact) mass is 264 g/mol. The molecule has 1 rings (SSSR count). The topological polar surface area (TPSA) is 86.7 Å². The van der Waals surface area contributed by atoms with Crippen molar-refractivity contribution in [2.75, 3.05) is 13.1 Å². The molecule has 0 aromatic carbocycles. The maximum Gasteiger partial charge on any atom is 0.322 e. The summed E-state index contributed by atoms with van der Waals surface area (Å²) < 4.78 is 27.4. The van der Waals surface area contributed by atoms with Gasteiger partial charge in [-0.3, -0.25) is 4.79 Å². The number of nitrogens with zero attached hydrogens (tertiary/aromatic N) is 1. The van der Waals surface area contributed by atoms with Crippen LogP contribution in [0.3, 0.4) is 0 Å². The molecule has 1 aliphatic rings. The smallest absolute Gasteiger partial charge is 0.322 e. The summed E-state index contributed by atoms with van der Waals surface area (Å²) in [6, 6.07) is -1.05. The summed E-state index contributed by atoms with van der Waals surface area (Å²) in [5.41, 5.74) is 0. The molecule has 7 heteroatoms. The molecule has 0 bridgehead atoms. The number of carboxylic acid groups (broad SMARTS) is 1. The Morgan fingerprint density at radius 2 is 1.94 bits per heavy atom. The highest BCUT2D eigenvalue weighted by Gasteiger charge is 2.32. The largest absolute Gasteiger partial charge is 0.480 e. The molecule has 1 heterocycles. The number of rotatable bonds is 6. The fourth-order valence-electron chi connectivity index (χ4n) is 1.81. The lowest BCUT2D eigenvalue weighted by atomic mass is 10.0. The van der Waals surface area contributed by atoms with Gasteiger partial charge in [0.1, 0.15) is 6.04 Å². The molecule has 2 atom stereocenters. The van der Waals surface area contributed by atoms with Gasteiger partial charge < -0.3 is 5.11 Å². The third kappa shape index (κ3) is 3.65. The second-order valence-corrected chi connectivity index (χ2v) is 6.13. The van der Waals surface area contributed by atoms with E-state index in [1.807, 2.05) is 6.92 Å². The number of carbonyl (C=O) groups is 1. The maximum atomic E-state index is 11.9. The average molecular weight is 264 g/mol. The number of carboxylic acids is 1. The SMILES string of the molecule is CCC(C)[C@H](NS(=O)(=O)N1CCCC1)C(=O)O. The fraction of sp³-hybridized carbons (Fsp3) is 0.900. The van der Waals surface area contributed by atoms with Crippen molar-refractivity contribution in [1.82, 2.24) is 9.03 Å². The molecule has 0 saturated carbocycles. The van der Waals surface area contributed by atoms with E-state index in [0.717, 1.165) is 12.8 Å². The van der Waals surface area contributed by atoms with Gasteiger partial charge in [0, 0.05) is 13.1 Å². The van der Waals surface area contributed by atoms with Gasteiger partial charge in [-0.2, -0.15) is 17.4 Å². The van der Waals surface area contributed by atoms with Crippen LogP contribution < -0.4 is 4.72 Å². The van der Waals surface area contributed by atoms with Gasteiger partial charge >= 0.3 is 5.97 Å². The van der Waals surface area contributed by atoms with Gasteiger partial charge in [0.15, 0.2) is 0 Å². The lowest BCUT2D eigenvalue weighted by Gasteiger charge is -2.23. The molecule has 0 radical (unpaired) electrons. The Morgan fingerprint density at radius 3 is 2.35 bits per heavy atom. The van der Waals surface area contributed by atoms with Crippen LogP contribution >= 0.6 is 0 Å². The van der Waals surface area contributed by atoms with E-state index in [4.69, 9.17) is 5.11 Å². The molecule has 0 aromatic heterocycles. The first-order valence-corrected chi connectivity index (χ1v) is 7.32. The summed E-state index contributed by atoms with van der Waals surface area (Å²) in [5.74, 6) is -1.35. The van der Waals surface area contributed by atoms with Gasteiger partial charge in [0.05, 0.1) is 0 Å². The molecule has 0 aliphatic carbocycles. The lowest BCUT2D eigenvalue weighted by molar-refractivity contribution is -0.140. The summed E-state index contributed by atoms with van der Waals surface area (Å²) in [5, 5.41) is 9.04. The van der Waals surface area contributed by atoms with Crippen LogP contribution in [0, 0.1) is 5.92 Å². The maximum absolute atomic E-state index is 11.9. The van der Waals surface area contributed by atoms with Crippen molar-refractivity contribution >= 4 is 16.2 Å². The Morgan fingerprint density at radius 1 is 1.41 bits per heavy atom. The van der Waals surface area contributed by atoms with E-state index >= 15 is 0 Å². The molecule has 1 unspecified atom stereocenters. The van der Waals surface area contributed by atoms with Crippen molar-refractivity contribution in [3.8, 4) is 0 Å². The van der Waals surface area contributed by atoms with E-state index in [-0.39, 0.29) is 5.92 Å². The lowest BCUT2D eigenvalue weighted by Crippen LogP contribution is -2.50. The van der Waals surface area contributed by atoms with Crippen molar-refractivity contribution in [2.45, 2.75) is 39.2 Å². The Hall–Kier alpha value is -0.660. The summed E-state index contributed by atoms with van der Waals surface area (Å²) >= 11 is 0. The summed E-state index contributed by atoms with van der Waals surface area (Å²) in [4.78, 5) is 11.0. The molecule has 17 heavy (non-hydrogen) atoms. The van der Waals surface area contributed by atoms with Crippen LogP contribution in [-0.2, 0) is 15.0 Å². The fourth-order valence-corrected chi connectivity index (χ4v) is 3.35. The van der Waals surface area contributed by atoms with Crippen LogP contribution in [0.25, 0.3) is 0 Å². The zero-order valence-electron chi connectivity index (χ0n) is 10.2. The number of hydrogen-bond acceptors (Lipinski definition) is 3. The Balaban J connectivity index is 2.75. The van der Waals surface area contributed by atoms with Gasteiger partial charge in [-0.05, 0) is 18.8 Å². The first-order chi connectivity index (χ1) is 7.88. The first kappa shape index (κ1) is 14.4. The highest BCUT2D eigenvalue weighted by Crippen LogP contribution is 2.14. The van der Waals surface area contributed by atoms with Crippen LogP contribution in [0.2, 0.25) is 0 Å². The van der Waals surface area contributed by atoms with Crippen molar-refractivity contribution in [1.29, 1.82) is 0 Å². The van der Waals surface area contributed by atoms with E-state index in [2.05, 4.69) is 4.72 Å². The summed E-state index contributed by atoms with van der Waals surface area (Å²) in [6.45, 7) is 4.51. The van der Waals surface area contributed by atoms with E-state index in [1.165, 1.54) is 4.31 Å². The van der Waals surface area contributed by atoms with Crippen LogP contribution in [0.5, 0.6) is 0 Å². The van der Waals surface area contributed by atoms with E-state index < -0.39 is 22.2 Å². The molecule has 1 aliphatic heterocycles. The predicted molar refractivity (Wildman–Crippen MR) is 63.7 cm³/mol. The average Bonchev–Trinajstić information content (AvgIpc) is 2.78. The third-order valence-corrected chi connectivity index (χ3v) is 4.76. The van der Waals surface area contributed by atoms with Crippen LogP contribution in [-0.4, -0.2) is 42.9 Å². The van der Waals surface area contributed by atoms with Crippen molar-refractivity contribution < 1.29 is 18.3 Å². The quantitative estimate of drug-likeness (QED) is 0.727. The Bertz CT molecular complexity index is 363. The number of hydrogen-bond donors (Lipinski definition) is 2. The van der Waals surface area contributed by atoms with Gasteiger partial charge in [-0.25, -0.2) is 0 Å². The van der Waals surface area contributed by atoms with Crippen molar-refractivity contribution in [3.05, 3.63) is 0 Å². The molecule has 1 saturated heterocycles. The predicted octanol–water partition coefficient (Wildman–Crippen LogP) is 0.416. The first-order valence-electron chi connectivity index (χ1n) is 5.88. The standard InChI is InChI=1S/C10H20N2O4S/c1-3-8(2)9(10(13)14)11-17(15,16)12-6-4-5-7-12/h8-9,11H,3-7H2,1-2H3,(H,13,14)/t8?,9-/m0/s1. The highest BCUT2D eigenvalue weighted by atomic mass is 32.2. The summed E-state index contributed by atoms with van der Waals surface area (Å²) in [6.07, 6.45) is 2.28. The minimum Gasteiger partial charge on any atom is -0.480 e. The summed E-state index contributed by atoms with van der Waals surface area (Å²) in [7, 11) is -3.66. The van der Waals surface area contributed by atoms with Gasteiger partial charge in [-0.15, -0.1) is 0 Å². The Kier molecular flexibility index (Phi) is 4.91. The van der Waals surface area contributed by atoms with Gasteiger partial charge in [0.25, 0.3) is 10.2 Å². The molecular formula is C10H20N2O4S. The molecule has 6 nitrogen and oxygen atoms in total. The zero-order chi connectivity index (χ0) is 13.1. The van der Waals surface area contributed by atoms with Gasteiger partial charge in [0.2, 0.25) is 0 Å². The van der Waals surface area contributed by atoms with Crippen LogP contribution in [0.1, 0.15) is 33.1 Å². The van der Waals surface area contributed by atoms with E-state index in [0.29, 0.717) is 19.5 Å². The molecular weight excluding hydrogens is 244 g/mol. The highest BCUT2D eigenvalue weighted by molar-refractivity contribution is 7.87. The molecule has 2 N–H and O–H groups in total. The van der Waals surface area contributed by atoms with E-state index in [9.17, 15) is 13.2 Å². The molecule has 1 fully saturated rings. The minimum absolute atomic E-state index is 0.232. The number of nitrogens with one attached hydrogen (secondary N) is 1. The third-order valence-electron chi connectivity index (χ3n) is 3.16. The van der Waals surface area contributed by atoms with Crippen molar-refractivity contribution in [2.24, 2.45) is 5.92 Å². The normalized spacial score (nSPS) is 21.3.